The molecule has 1 aliphatic carbocycles. The molecular weight excluding hydrogens is 388 g/mol. The summed E-state index contributed by atoms with van der Waals surface area (Å²) in [4.78, 5) is 11.8. The van der Waals surface area contributed by atoms with Crippen LogP contribution in [0.5, 0.6) is 0 Å². The molecule has 30 heavy (non-hydrogen) atoms. The SMILES string of the molecule is Cc1cc(C)n(-c2nc(CC3CCC(F)(F)CC3)cc(N3CC(C)OC(C)C3)n2)n1. The summed E-state index contributed by atoms with van der Waals surface area (Å²) in [5.41, 5.74) is 2.77. The normalized spacial score (nSPS) is 24.9. The molecule has 0 N–H and O–H groups in total. The third-order valence-corrected chi connectivity index (χ3v) is 6.03. The van der Waals surface area contributed by atoms with Crippen molar-refractivity contribution in [1.29, 1.82) is 0 Å². The molecule has 8 heteroatoms. The van der Waals surface area contributed by atoms with E-state index in [0.717, 1.165) is 36.0 Å². The van der Waals surface area contributed by atoms with Crippen LogP contribution < -0.4 is 4.90 Å². The van der Waals surface area contributed by atoms with Gasteiger partial charge in [0.1, 0.15) is 5.82 Å². The van der Waals surface area contributed by atoms with E-state index in [4.69, 9.17) is 14.7 Å². The Morgan fingerprint density at radius 1 is 1.07 bits per heavy atom. The minimum Gasteiger partial charge on any atom is -0.372 e. The summed E-state index contributed by atoms with van der Waals surface area (Å²) in [6, 6.07) is 4.02. The van der Waals surface area contributed by atoms with Crippen LogP contribution in [0, 0.1) is 19.8 Å². The Labute approximate surface area is 176 Å². The molecule has 2 aromatic heterocycles. The first-order valence-electron chi connectivity index (χ1n) is 10.9. The lowest BCUT2D eigenvalue weighted by Crippen LogP contribution is -2.46. The summed E-state index contributed by atoms with van der Waals surface area (Å²) < 4.78 is 34.8. The number of ether oxygens (including phenoxy) is 1. The summed E-state index contributed by atoms with van der Waals surface area (Å²) in [5, 5.41) is 4.55. The van der Waals surface area contributed by atoms with E-state index in [1.807, 2.05) is 26.0 Å². The highest BCUT2D eigenvalue weighted by Gasteiger charge is 2.35. The maximum Gasteiger partial charge on any atom is 0.252 e. The summed E-state index contributed by atoms with van der Waals surface area (Å²) in [6.07, 6.45) is 1.93. The van der Waals surface area contributed by atoms with Crippen LogP contribution in [0.3, 0.4) is 0 Å². The van der Waals surface area contributed by atoms with E-state index in [0.29, 0.717) is 25.2 Å². The van der Waals surface area contributed by atoms with Gasteiger partial charge in [-0.3, -0.25) is 0 Å². The number of nitrogens with zero attached hydrogens (tertiary/aromatic N) is 5. The number of halogens is 2. The van der Waals surface area contributed by atoms with Gasteiger partial charge in [0.25, 0.3) is 5.95 Å². The van der Waals surface area contributed by atoms with E-state index in [1.54, 1.807) is 4.68 Å². The number of morpholine rings is 1. The van der Waals surface area contributed by atoms with E-state index in [9.17, 15) is 8.78 Å². The average Bonchev–Trinajstić information content (AvgIpc) is 3.01. The summed E-state index contributed by atoms with van der Waals surface area (Å²) in [7, 11) is 0. The minimum atomic E-state index is -2.51. The molecular formula is C22H31F2N5O. The molecule has 2 aliphatic rings. The molecule has 0 bridgehead atoms. The van der Waals surface area contributed by atoms with Gasteiger partial charge in [-0.05, 0) is 58.9 Å². The lowest BCUT2D eigenvalue weighted by molar-refractivity contribution is -0.0457. The van der Waals surface area contributed by atoms with E-state index < -0.39 is 5.92 Å². The third-order valence-electron chi connectivity index (χ3n) is 6.03. The highest BCUT2D eigenvalue weighted by molar-refractivity contribution is 5.43. The second-order valence-electron chi connectivity index (χ2n) is 9.02. The molecule has 1 saturated heterocycles. The first-order valence-corrected chi connectivity index (χ1v) is 10.9. The number of aromatic nitrogens is 4. The lowest BCUT2D eigenvalue weighted by atomic mass is 9.84. The predicted molar refractivity (Wildman–Crippen MR) is 111 cm³/mol. The molecule has 2 fully saturated rings. The Kier molecular flexibility index (Phi) is 5.79. The van der Waals surface area contributed by atoms with Crippen LogP contribution in [0.25, 0.3) is 5.95 Å². The maximum atomic E-state index is 13.6. The van der Waals surface area contributed by atoms with Gasteiger partial charge in [-0.1, -0.05) is 0 Å². The molecule has 1 aliphatic heterocycles. The molecule has 164 valence electrons. The van der Waals surface area contributed by atoms with E-state index >= 15 is 0 Å². The van der Waals surface area contributed by atoms with Gasteiger partial charge in [-0.2, -0.15) is 10.1 Å². The Morgan fingerprint density at radius 3 is 2.33 bits per heavy atom. The number of aryl methyl sites for hydroxylation is 2. The van der Waals surface area contributed by atoms with Crippen LogP contribution in [-0.2, 0) is 11.2 Å². The highest BCUT2D eigenvalue weighted by Crippen LogP contribution is 2.37. The van der Waals surface area contributed by atoms with Gasteiger partial charge in [0, 0.05) is 43.4 Å². The Hall–Kier alpha value is -2.09. The molecule has 0 spiro atoms. The van der Waals surface area contributed by atoms with Crippen molar-refractivity contribution in [2.75, 3.05) is 18.0 Å². The van der Waals surface area contributed by atoms with Gasteiger partial charge in [0.2, 0.25) is 5.92 Å². The van der Waals surface area contributed by atoms with Gasteiger partial charge in [0.05, 0.1) is 17.9 Å². The fraction of sp³-hybridized carbons (Fsp3) is 0.682. The van der Waals surface area contributed by atoms with Crippen LogP contribution >= 0.6 is 0 Å². The molecule has 6 nitrogen and oxygen atoms in total. The summed E-state index contributed by atoms with van der Waals surface area (Å²) in [6.45, 7) is 9.57. The van der Waals surface area contributed by atoms with Gasteiger partial charge in [-0.25, -0.2) is 18.4 Å². The second-order valence-corrected chi connectivity index (χ2v) is 9.02. The summed E-state index contributed by atoms with van der Waals surface area (Å²) >= 11 is 0. The number of anilines is 1. The Morgan fingerprint density at radius 2 is 1.73 bits per heavy atom. The van der Waals surface area contributed by atoms with Crippen molar-refractivity contribution >= 4 is 5.82 Å². The van der Waals surface area contributed by atoms with Crippen molar-refractivity contribution in [3.8, 4) is 5.95 Å². The van der Waals surface area contributed by atoms with E-state index in [1.165, 1.54) is 0 Å². The van der Waals surface area contributed by atoms with Crippen LogP contribution in [-0.4, -0.2) is 51.0 Å². The minimum absolute atomic E-state index is 0.0293. The van der Waals surface area contributed by atoms with Crippen LogP contribution in [0.4, 0.5) is 14.6 Å². The zero-order chi connectivity index (χ0) is 21.5. The smallest absolute Gasteiger partial charge is 0.252 e. The Balaban J connectivity index is 1.65. The van der Waals surface area contributed by atoms with Gasteiger partial charge >= 0.3 is 0 Å². The van der Waals surface area contributed by atoms with E-state index in [2.05, 4.69) is 23.8 Å². The van der Waals surface area contributed by atoms with Crippen molar-refractivity contribution in [1.82, 2.24) is 19.7 Å². The predicted octanol–water partition coefficient (Wildman–Crippen LogP) is 4.26. The van der Waals surface area contributed by atoms with Crippen LogP contribution in [0.15, 0.2) is 12.1 Å². The quantitative estimate of drug-likeness (QED) is 0.741. The average molecular weight is 420 g/mol. The van der Waals surface area contributed by atoms with Gasteiger partial charge in [0.15, 0.2) is 0 Å². The standard InChI is InChI=1S/C22H31F2N5O/c1-14-9-15(2)29(27-14)21-25-19(10-18-5-7-22(23,24)8-6-18)11-20(26-21)28-12-16(3)30-17(4)13-28/h9,11,16-18H,5-8,10,12-13H2,1-4H3. The van der Waals surface area contributed by atoms with Gasteiger partial charge < -0.3 is 9.64 Å². The highest BCUT2D eigenvalue weighted by atomic mass is 19.3. The number of hydrogen-bond donors (Lipinski definition) is 0. The Bertz CT molecular complexity index is 880. The van der Waals surface area contributed by atoms with Crippen LogP contribution in [0.1, 0.15) is 56.6 Å². The first kappa shape index (κ1) is 21.2. The van der Waals surface area contributed by atoms with Crippen molar-refractivity contribution in [2.24, 2.45) is 5.92 Å². The van der Waals surface area contributed by atoms with Crippen LogP contribution in [0.2, 0.25) is 0 Å². The number of alkyl halides is 2. The zero-order valence-electron chi connectivity index (χ0n) is 18.2. The zero-order valence-corrected chi connectivity index (χ0v) is 18.2. The molecule has 0 amide bonds. The molecule has 3 heterocycles. The molecule has 2 aromatic rings. The lowest BCUT2D eigenvalue weighted by Gasteiger charge is -2.36. The van der Waals surface area contributed by atoms with Crippen molar-refractivity contribution in [3.05, 3.63) is 29.2 Å². The monoisotopic (exact) mass is 419 g/mol. The topological polar surface area (TPSA) is 56.1 Å². The molecule has 2 atom stereocenters. The fourth-order valence-corrected chi connectivity index (χ4v) is 4.63. The molecule has 0 radical (unpaired) electrons. The number of rotatable bonds is 4. The molecule has 0 aromatic carbocycles. The van der Waals surface area contributed by atoms with Gasteiger partial charge in [-0.15, -0.1) is 0 Å². The van der Waals surface area contributed by atoms with Crippen molar-refractivity contribution < 1.29 is 13.5 Å². The number of hydrogen-bond acceptors (Lipinski definition) is 5. The van der Waals surface area contributed by atoms with Crippen molar-refractivity contribution in [3.63, 3.8) is 0 Å². The first-order chi connectivity index (χ1) is 14.2. The molecule has 2 unspecified atom stereocenters. The fourth-order valence-electron chi connectivity index (χ4n) is 4.63. The summed E-state index contributed by atoms with van der Waals surface area (Å²) in [5.74, 6) is -0.891. The largest absolute Gasteiger partial charge is 0.372 e. The second kappa shape index (κ2) is 8.21. The third kappa shape index (κ3) is 4.79. The molecule has 4 rings (SSSR count). The maximum absolute atomic E-state index is 13.6. The molecule has 1 saturated carbocycles. The van der Waals surface area contributed by atoms with E-state index in [-0.39, 0.29) is 31.0 Å². The van der Waals surface area contributed by atoms with Crippen molar-refractivity contribution in [2.45, 2.75) is 77.9 Å².